The minimum Gasteiger partial charge on any atom is -0.507 e. The van der Waals surface area contributed by atoms with E-state index in [0.717, 1.165) is 16.7 Å². The van der Waals surface area contributed by atoms with E-state index >= 15 is 0 Å². The first-order chi connectivity index (χ1) is 42.0. The standard InChI is InChI=1S/C69H74N3O.Pt/c1-43-35-61(56(45-21-18-17-19-22-45)42-55(43)46-27-31-51(32-28-46)66(5,6)7)72-60-24-20-23-54(62(60)71-64(72)57-40-53(68(11,12)13)41-58(63(57)73)69(14,15)16)48-36-49(38-52(37-48)67(8,9)10)59-39-47(33-34-70-59)44-25-29-50(30-26-44)65(2,3)4;/h17-35,37-42,73H,1-16H3;/q-1;/i1D3,2D3,3D3,4D3,25D,26D,29D,30D,33D,34D,39D;. The minimum atomic E-state index is -3.96. The molecule has 0 aliphatic heterocycles. The summed E-state index contributed by atoms with van der Waals surface area (Å²) < 4.78 is 169. The van der Waals surface area contributed by atoms with Crippen LogP contribution < -0.4 is 0 Å². The van der Waals surface area contributed by atoms with Crippen LogP contribution in [-0.4, -0.2) is 19.6 Å². The molecule has 0 unspecified atom stereocenters. The Bertz CT molecular complexity index is 4340. The van der Waals surface area contributed by atoms with Gasteiger partial charge in [-0.25, -0.2) is 4.98 Å². The summed E-state index contributed by atoms with van der Waals surface area (Å²) in [6.45, 7) is 9.81. The molecular weight excluding hydrogens is 1080 g/mol. The van der Waals surface area contributed by atoms with E-state index < -0.39 is 108 Å². The van der Waals surface area contributed by atoms with Gasteiger partial charge in [0.1, 0.15) is 11.6 Å². The first-order valence-corrected chi connectivity index (χ1v) is 24.5. The van der Waals surface area contributed by atoms with Crippen molar-refractivity contribution >= 4 is 11.0 Å². The van der Waals surface area contributed by atoms with E-state index in [1.54, 1.807) is 24.3 Å². The summed E-state index contributed by atoms with van der Waals surface area (Å²) in [6.07, 6.45) is -0.791. The van der Waals surface area contributed by atoms with Gasteiger partial charge >= 0.3 is 0 Å². The number of imidazole rings is 1. The second-order valence-corrected chi connectivity index (χ2v) is 23.1. The van der Waals surface area contributed by atoms with Gasteiger partial charge in [0.15, 0.2) is 0 Å². The molecule has 2 aromatic heterocycles. The Balaban J connectivity index is 0.0000111. The van der Waals surface area contributed by atoms with E-state index in [1.807, 2.05) is 131 Å². The molecule has 7 aromatic carbocycles. The summed E-state index contributed by atoms with van der Waals surface area (Å²) >= 11 is 0. The molecule has 9 aromatic rings. The zero-order chi connectivity index (χ0) is 68.7. The predicted octanol–water partition coefficient (Wildman–Crippen LogP) is 18.7. The maximum atomic E-state index is 12.8. The molecule has 1 N–H and O–H groups in total. The molecule has 0 spiro atoms. The van der Waals surface area contributed by atoms with Crippen LogP contribution in [-0.2, 0) is 48.1 Å². The fourth-order valence-electron chi connectivity index (χ4n) is 9.03. The Kier molecular flexibility index (Phi) is 9.14. The van der Waals surface area contributed by atoms with Crippen molar-refractivity contribution in [1.82, 2.24) is 14.5 Å². The van der Waals surface area contributed by atoms with E-state index in [9.17, 15) is 13.3 Å². The largest absolute Gasteiger partial charge is 0.507 e. The van der Waals surface area contributed by atoms with Gasteiger partial charge in [-0.2, -0.15) is 0 Å². The third kappa shape index (κ3) is 10.8. The molecule has 0 fully saturated rings. The number of rotatable bonds is 7. The van der Waals surface area contributed by atoms with Crippen LogP contribution in [0.25, 0.3) is 83.9 Å². The van der Waals surface area contributed by atoms with E-state index in [4.69, 9.17) is 22.8 Å². The summed E-state index contributed by atoms with van der Waals surface area (Å²) in [6, 6.07) is 30.8. The molecule has 0 atom stereocenters. The van der Waals surface area contributed by atoms with E-state index in [-0.39, 0.29) is 54.9 Å². The average molecular weight is 1180 g/mol. The monoisotopic (exact) mass is 1170 g/mol. The van der Waals surface area contributed by atoms with Gasteiger partial charge in [-0.15, -0.1) is 29.3 Å². The number of para-hydroxylation sites is 1. The molecular formula is C69H74N3OPt-. The maximum Gasteiger partial charge on any atom is 0.148 e. The fourth-order valence-corrected chi connectivity index (χ4v) is 9.03. The second kappa shape index (κ2) is 19.7. The SMILES string of the molecule is [2H]c1nc(-c2[c-]c(-c3cccc4c3nc(-c3cc(C(C)(C)C)cc(C(C)(C)C)c3O)n4-c3cc(C([2H])([2H])[2H])c(-c4ccc(C(C)(C)C)cc4)cc3-c3ccccc3)cc(C(C)(C)C)c2)c([2H])c(-c2c([2H])c([2H])c(C(C([2H])([2H])[2H])(C([2H])([2H])[2H])C([2H])([2H])[2H])c([2H])c2[2H])c1[2H].[Pt]. The molecule has 0 amide bonds. The predicted molar refractivity (Wildman–Crippen MR) is 310 cm³/mol. The number of aryl methyl sites for hydroxylation is 1. The smallest absolute Gasteiger partial charge is 0.148 e. The number of phenolic OH excluding ortho intramolecular Hbond substituents is 1. The van der Waals surface area contributed by atoms with Crippen molar-refractivity contribution in [2.45, 2.75) is 138 Å². The van der Waals surface area contributed by atoms with E-state index in [2.05, 4.69) is 52.6 Å². The normalized spacial score (nSPS) is 16.9. The third-order valence-electron chi connectivity index (χ3n) is 13.4. The molecule has 0 saturated heterocycles. The van der Waals surface area contributed by atoms with Gasteiger partial charge in [0.25, 0.3) is 0 Å². The number of hydrogen-bond acceptors (Lipinski definition) is 3. The van der Waals surface area contributed by atoms with Crippen molar-refractivity contribution in [3.8, 4) is 78.6 Å². The molecule has 74 heavy (non-hydrogen) atoms. The van der Waals surface area contributed by atoms with E-state index in [1.165, 1.54) is 0 Å². The van der Waals surface area contributed by atoms with Crippen LogP contribution in [0.1, 0.15) is 163 Å². The number of aromatic hydroxyl groups is 1. The van der Waals surface area contributed by atoms with Gasteiger partial charge in [-0.1, -0.05) is 218 Å². The van der Waals surface area contributed by atoms with Crippen molar-refractivity contribution in [3.05, 3.63) is 191 Å². The van der Waals surface area contributed by atoms with Gasteiger partial charge in [0, 0.05) is 60.5 Å². The van der Waals surface area contributed by atoms with Gasteiger partial charge in [-0.05, 0) is 114 Å². The minimum absolute atomic E-state index is 0. The molecule has 382 valence electrons. The average Bonchev–Trinajstić information content (AvgIpc) is 0.932. The number of pyridine rings is 1. The molecule has 0 radical (unpaired) electrons. The third-order valence-corrected chi connectivity index (χ3v) is 13.4. The fraction of sp³-hybridized carbons (Fsp3) is 0.304. The van der Waals surface area contributed by atoms with E-state index in [0.29, 0.717) is 61.2 Å². The first kappa shape index (κ1) is 34.3. The summed E-state index contributed by atoms with van der Waals surface area (Å²) in [5.41, 5.74) is -0.732. The van der Waals surface area contributed by atoms with Crippen molar-refractivity contribution < 1.29 is 52.2 Å². The summed E-state index contributed by atoms with van der Waals surface area (Å²) in [5.74, 6) is 0.214. The van der Waals surface area contributed by atoms with Gasteiger partial charge in [0.2, 0.25) is 0 Å². The van der Waals surface area contributed by atoms with Crippen LogP contribution in [0.4, 0.5) is 0 Å². The number of fused-ring (bicyclic) bond motifs is 1. The second-order valence-electron chi connectivity index (χ2n) is 23.1. The molecule has 4 nitrogen and oxygen atoms in total. The molecule has 0 bridgehead atoms. The molecule has 0 aliphatic rings. The molecule has 9 rings (SSSR count). The Labute approximate surface area is 483 Å². The summed E-state index contributed by atoms with van der Waals surface area (Å²) in [4.78, 5) is 9.94. The zero-order valence-electron chi connectivity index (χ0n) is 63.0. The van der Waals surface area contributed by atoms with Crippen LogP contribution in [0.2, 0.25) is 0 Å². The Hall–Kier alpha value is -6.35. The van der Waals surface area contributed by atoms with Crippen molar-refractivity contribution in [1.29, 1.82) is 0 Å². The van der Waals surface area contributed by atoms with Crippen LogP contribution in [0.3, 0.4) is 0 Å². The van der Waals surface area contributed by atoms with Crippen LogP contribution in [0.5, 0.6) is 5.75 Å². The number of benzene rings is 7. The number of nitrogens with zero attached hydrogens (tertiary/aromatic N) is 3. The molecule has 0 aliphatic carbocycles. The Morgan fingerprint density at radius 2 is 1.16 bits per heavy atom. The summed E-state index contributed by atoms with van der Waals surface area (Å²) in [5, 5.41) is 12.8. The Morgan fingerprint density at radius 3 is 1.78 bits per heavy atom. The number of aromatic nitrogens is 3. The quantitative estimate of drug-likeness (QED) is 0.162. The number of phenols is 1. The maximum absolute atomic E-state index is 12.8. The van der Waals surface area contributed by atoms with Crippen molar-refractivity contribution in [2.24, 2.45) is 0 Å². The van der Waals surface area contributed by atoms with Crippen molar-refractivity contribution in [3.63, 3.8) is 0 Å². The van der Waals surface area contributed by atoms with Crippen molar-refractivity contribution in [2.75, 3.05) is 0 Å². The molecule has 2 heterocycles. The summed E-state index contributed by atoms with van der Waals surface area (Å²) in [7, 11) is 0. The van der Waals surface area contributed by atoms with Crippen LogP contribution in [0, 0.1) is 12.9 Å². The number of hydrogen-bond donors (Lipinski definition) is 1. The van der Waals surface area contributed by atoms with Crippen LogP contribution in [0.15, 0.2) is 152 Å². The molecule has 5 heteroatoms. The van der Waals surface area contributed by atoms with Gasteiger partial charge < -0.3 is 5.11 Å². The Morgan fingerprint density at radius 1 is 0.527 bits per heavy atom. The van der Waals surface area contributed by atoms with Gasteiger partial charge in [0.05, 0.1) is 31.9 Å². The first-order valence-electron chi connectivity index (χ1n) is 34.0. The topological polar surface area (TPSA) is 50.9 Å². The van der Waals surface area contributed by atoms with Gasteiger partial charge in [-0.3, -0.25) is 9.55 Å². The zero-order valence-corrected chi connectivity index (χ0v) is 46.3. The van der Waals surface area contributed by atoms with Crippen LogP contribution >= 0.6 is 0 Å². The molecule has 0 saturated carbocycles.